The lowest BCUT2D eigenvalue weighted by molar-refractivity contribution is -0.135. The average molecular weight is 319 g/mol. The van der Waals surface area contributed by atoms with E-state index >= 15 is 0 Å². The first-order valence-electron chi connectivity index (χ1n) is 8.81. The van der Waals surface area contributed by atoms with Crippen LogP contribution in [0.15, 0.2) is 18.5 Å². The molecule has 0 aliphatic carbocycles. The number of aromatic nitrogens is 2. The predicted molar refractivity (Wildman–Crippen MR) is 90.1 cm³/mol. The molecule has 6 nitrogen and oxygen atoms in total. The molecule has 2 saturated heterocycles. The van der Waals surface area contributed by atoms with Gasteiger partial charge in [0.2, 0.25) is 5.91 Å². The fourth-order valence-corrected chi connectivity index (χ4v) is 4.16. The number of nitrogens with one attached hydrogen (secondary N) is 1. The lowest BCUT2D eigenvalue weighted by Crippen LogP contribution is -2.45. The van der Waals surface area contributed by atoms with Gasteiger partial charge in [0.15, 0.2) is 0 Å². The number of piperidine rings is 1. The summed E-state index contributed by atoms with van der Waals surface area (Å²) in [5, 5.41) is 7.67. The Morgan fingerprint density at radius 1 is 1.43 bits per heavy atom. The van der Waals surface area contributed by atoms with Crippen molar-refractivity contribution < 1.29 is 4.79 Å². The summed E-state index contributed by atoms with van der Waals surface area (Å²) >= 11 is 0. The molecular weight excluding hydrogens is 290 g/mol. The van der Waals surface area contributed by atoms with Crippen molar-refractivity contribution in [3.05, 3.63) is 18.5 Å². The zero-order valence-corrected chi connectivity index (χ0v) is 14.4. The van der Waals surface area contributed by atoms with Crippen molar-refractivity contribution in [3.63, 3.8) is 0 Å². The third kappa shape index (κ3) is 3.58. The monoisotopic (exact) mass is 319 g/mol. The van der Waals surface area contributed by atoms with Crippen LogP contribution in [0, 0.1) is 5.41 Å². The summed E-state index contributed by atoms with van der Waals surface area (Å²) < 4.78 is 1.89. The van der Waals surface area contributed by atoms with E-state index in [1.807, 2.05) is 21.8 Å². The number of hydrogen-bond donors (Lipinski definition) is 1. The first-order chi connectivity index (χ1) is 11.1. The molecule has 3 heterocycles. The van der Waals surface area contributed by atoms with Crippen molar-refractivity contribution in [3.8, 4) is 0 Å². The second-order valence-corrected chi connectivity index (χ2v) is 7.07. The smallest absolute Gasteiger partial charge is 0.239 e. The van der Waals surface area contributed by atoms with Crippen molar-refractivity contribution in [2.45, 2.75) is 38.8 Å². The van der Waals surface area contributed by atoms with Crippen molar-refractivity contribution >= 4 is 5.91 Å². The zero-order chi connectivity index (χ0) is 16.3. The minimum atomic E-state index is 0.0469. The van der Waals surface area contributed by atoms with Crippen LogP contribution in [0.1, 0.15) is 26.2 Å². The molecule has 1 aromatic rings. The number of likely N-dealkylation sites (tertiary alicyclic amines) is 1. The maximum Gasteiger partial charge on any atom is 0.239 e. The minimum Gasteiger partial charge on any atom is -0.340 e. The maximum absolute atomic E-state index is 13.0. The fraction of sp³-hybridized carbons (Fsp3) is 0.765. The largest absolute Gasteiger partial charge is 0.340 e. The molecule has 1 aromatic heterocycles. The summed E-state index contributed by atoms with van der Waals surface area (Å²) in [6.07, 6.45) is 7.14. The highest BCUT2D eigenvalue weighted by Crippen LogP contribution is 2.41. The Bertz CT molecular complexity index is 509. The summed E-state index contributed by atoms with van der Waals surface area (Å²) in [5.41, 5.74) is 0.349. The SMILES string of the molecule is CCN(CCn1cccn1)C(=O)C1CC2(CCNCC2)CN1C. The van der Waals surface area contributed by atoms with Crippen LogP contribution in [-0.4, -0.2) is 71.3 Å². The van der Waals surface area contributed by atoms with Gasteiger partial charge in [-0.3, -0.25) is 14.4 Å². The minimum absolute atomic E-state index is 0.0469. The van der Waals surface area contributed by atoms with E-state index in [2.05, 4.69) is 29.3 Å². The van der Waals surface area contributed by atoms with Crippen LogP contribution in [0.4, 0.5) is 0 Å². The Kier molecular flexibility index (Phi) is 5.02. The summed E-state index contributed by atoms with van der Waals surface area (Å²) in [5.74, 6) is 0.289. The first-order valence-corrected chi connectivity index (χ1v) is 8.81. The van der Waals surface area contributed by atoms with E-state index in [1.54, 1.807) is 6.20 Å². The van der Waals surface area contributed by atoms with Gasteiger partial charge in [0.25, 0.3) is 0 Å². The van der Waals surface area contributed by atoms with E-state index in [1.165, 1.54) is 12.8 Å². The lowest BCUT2D eigenvalue weighted by atomic mass is 9.77. The van der Waals surface area contributed by atoms with E-state index in [9.17, 15) is 4.79 Å². The summed E-state index contributed by atoms with van der Waals surface area (Å²) in [7, 11) is 2.11. The Balaban J connectivity index is 1.61. The van der Waals surface area contributed by atoms with Gasteiger partial charge in [-0.25, -0.2) is 0 Å². The fourth-order valence-electron chi connectivity index (χ4n) is 4.16. The van der Waals surface area contributed by atoms with E-state index in [-0.39, 0.29) is 11.9 Å². The molecule has 3 rings (SSSR count). The second-order valence-electron chi connectivity index (χ2n) is 7.07. The van der Waals surface area contributed by atoms with Crippen LogP contribution in [0.5, 0.6) is 0 Å². The maximum atomic E-state index is 13.0. The van der Waals surface area contributed by atoms with Crippen LogP contribution in [0.25, 0.3) is 0 Å². The molecule has 0 radical (unpaired) electrons. The standard InChI is InChI=1S/C17H29N5O/c1-3-21(11-12-22-10-4-7-19-22)16(23)15-13-17(14-20(15)2)5-8-18-9-6-17/h4,7,10,15,18H,3,5-6,8-9,11-14H2,1-2H3. The molecule has 128 valence electrons. The number of carbonyl (C=O) groups excluding carboxylic acids is 1. The molecule has 1 unspecified atom stereocenters. The van der Waals surface area contributed by atoms with Crippen LogP contribution in [0.3, 0.4) is 0 Å². The Morgan fingerprint density at radius 3 is 2.87 bits per heavy atom. The molecular formula is C17H29N5O. The van der Waals surface area contributed by atoms with E-state index in [0.29, 0.717) is 5.41 Å². The Hall–Kier alpha value is -1.40. The van der Waals surface area contributed by atoms with Gasteiger partial charge in [-0.2, -0.15) is 5.10 Å². The molecule has 1 spiro atoms. The summed E-state index contributed by atoms with van der Waals surface area (Å²) in [6, 6.07) is 1.97. The van der Waals surface area contributed by atoms with Gasteiger partial charge in [-0.15, -0.1) is 0 Å². The van der Waals surface area contributed by atoms with Crippen LogP contribution >= 0.6 is 0 Å². The molecule has 0 aromatic carbocycles. The predicted octanol–water partition coefficient (Wildman–Crippen LogP) is 0.806. The normalized spacial score (nSPS) is 24.2. The van der Waals surface area contributed by atoms with Gasteiger partial charge < -0.3 is 10.2 Å². The van der Waals surface area contributed by atoms with Crippen LogP contribution in [-0.2, 0) is 11.3 Å². The number of hydrogen-bond acceptors (Lipinski definition) is 4. The highest BCUT2D eigenvalue weighted by molar-refractivity contribution is 5.82. The average Bonchev–Trinajstić information content (AvgIpc) is 3.17. The molecule has 1 amide bonds. The third-order valence-electron chi connectivity index (χ3n) is 5.54. The van der Waals surface area contributed by atoms with Crippen molar-refractivity contribution in [1.29, 1.82) is 0 Å². The molecule has 1 N–H and O–H groups in total. The third-order valence-corrected chi connectivity index (χ3v) is 5.54. The topological polar surface area (TPSA) is 53.4 Å². The molecule has 2 aliphatic rings. The second kappa shape index (κ2) is 7.01. The summed E-state index contributed by atoms with van der Waals surface area (Å²) in [4.78, 5) is 17.3. The number of carbonyl (C=O) groups is 1. The molecule has 23 heavy (non-hydrogen) atoms. The van der Waals surface area contributed by atoms with Gasteiger partial charge in [-0.05, 0) is 57.8 Å². The van der Waals surface area contributed by atoms with Crippen LogP contribution in [0.2, 0.25) is 0 Å². The Morgan fingerprint density at radius 2 is 2.22 bits per heavy atom. The zero-order valence-electron chi connectivity index (χ0n) is 14.4. The van der Waals surface area contributed by atoms with Gasteiger partial charge in [-0.1, -0.05) is 0 Å². The van der Waals surface area contributed by atoms with E-state index in [4.69, 9.17) is 0 Å². The van der Waals surface area contributed by atoms with Crippen molar-refractivity contribution in [1.82, 2.24) is 24.9 Å². The Labute approximate surface area is 138 Å². The molecule has 6 heteroatoms. The number of rotatable bonds is 5. The van der Waals surface area contributed by atoms with Gasteiger partial charge in [0.1, 0.15) is 0 Å². The molecule has 0 saturated carbocycles. The highest BCUT2D eigenvalue weighted by Gasteiger charge is 2.46. The number of amides is 1. The number of likely N-dealkylation sites (N-methyl/N-ethyl adjacent to an activating group) is 2. The highest BCUT2D eigenvalue weighted by atomic mass is 16.2. The van der Waals surface area contributed by atoms with Crippen molar-refractivity contribution in [2.24, 2.45) is 5.41 Å². The number of nitrogens with zero attached hydrogens (tertiary/aromatic N) is 4. The van der Waals surface area contributed by atoms with E-state index < -0.39 is 0 Å². The lowest BCUT2D eigenvalue weighted by Gasteiger charge is -2.33. The van der Waals surface area contributed by atoms with Gasteiger partial charge in [0, 0.05) is 32.0 Å². The molecule has 2 fully saturated rings. The first kappa shape index (κ1) is 16.5. The molecule has 0 bridgehead atoms. The molecule has 2 aliphatic heterocycles. The van der Waals surface area contributed by atoms with Gasteiger partial charge >= 0.3 is 0 Å². The summed E-state index contributed by atoms with van der Waals surface area (Å²) in [6.45, 7) is 7.56. The quantitative estimate of drug-likeness (QED) is 0.872. The van der Waals surface area contributed by atoms with Crippen LogP contribution < -0.4 is 5.32 Å². The molecule has 1 atom stereocenters. The van der Waals surface area contributed by atoms with E-state index in [0.717, 1.165) is 45.7 Å². The van der Waals surface area contributed by atoms with Crippen molar-refractivity contribution in [2.75, 3.05) is 39.8 Å². The van der Waals surface area contributed by atoms with Gasteiger partial charge in [0.05, 0.1) is 12.6 Å².